The molecule has 0 aliphatic heterocycles. The van der Waals surface area contributed by atoms with Gasteiger partial charge in [0, 0.05) is 19.8 Å². The minimum absolute atomic E-state index is 0.522. The van der Waals surface area contributed by atoms with E-state index >= 15 is 0 Å². The van der Waals surface area contributed by atoms with Gasteiger partial charge in [-0.2, -0.15) is 5.10 Å². The SMILES string of the molecule is C[C@@H](O)C(=O)N/N=C\c1ccc(N(C)C)cc1. The molecule has 92 valence electrons. The summed E-state index contributed by atoms with van der Waals surface area (Å²) in [5, 5.41) is 12.7. The van der Waals surface area contributed by atoms with Gasteiger partial charge >= 0.3 is 0 Å². The molecular formula is C12H17N3O2. The molecule has 0 saturated carbocycles. The molecule has 1 atom stereocenters. The topological polar surface area (TPSA) is 64.9 Å². The fourth-order valence-electron chi connectivity index (χ4n) is 1.12. The van der Waals surface area contributed by atoms with Crippen molar-refractivity contribution in [2.45, 2.75) is 13.0 Å². The van der Waals surface area contributed by atoms with Gasteiger partial charge in [-0.05, 0) is 24.6 Å². The highest BCUT2D eigenvalue weighted by atomic mass is 16.3. The van der Waals surface area contributed by atoms with E-state index < -0.39 is 12.0 Å². The first-order chi connectivity index (χ1) is 8.00. The molecule has 2 N–H and O–H groups in total. The zero-order valence-corrected chi connectivity index (χ0v) is 10.2. The lowest BCUT2D eigenvalue weighted by Crippen LogP contribution is -2.28. The summed E-state index contributed by atoms with van der Waals surface area (Å²) in [5.41, 5.74) is 4.21. The van der Waals surface area contributed by atoms with E-state index in [1.807, 2.05) is 43.3 Å². The van der Waals surface area contributed by atoms with Gasteiger partial charge in [-0.3, -0.25) is 4.79 Å². The van der Waals surface area contributed by atoms with E-state index in [2.05, 4.69) is 10.5 Å². The summed E-state index contributed by atoms with van der Waals surface area (Å²) in [6, 6.07) is 7.70. The summed E-state index contributed by atoms with van der Waals surface area (Å²) >= 11 is 0. The van der Waals surface area contributed by atoms with Crippen LogP contribution in [0.15, 0.2) is 29.4 Å². The van der Waals surface area contributed by atoms with E-state index in [9.17, 15) is 4.79 Å². The minimum atomic E-state index is -1.05. The second-order valence-corrected chi connectivity index (χ2v) is 3.90. The standard InChI is InChI=1S/C12H17N3O2/c1-9(16)12(17)14-13-8-10-4-6-11(7-5-10)15(2)3/h4-9,16H,1-3H3,(H,14,17)/b13-8-/t9-/m1/s1. The number of amides is 1. The number of hydrazone groups is 1. The fraction of sp³-hybridized carbons (Fsp3) is 0.333. The van der Waals surface area contributed by atoms with E-state index in [-0.39, 0.29) is 0 Å². The molecule has 0 aliphatic rings. The van der Waals surface area contributed by atoms with Crippen molar-refractivity contribution in [3.05, 3.63) is 29.8 Å². The predicted molar refractivity (Wildman–Crippen MR) is 68.2 cm³/mol. The van der Waals surface area contributed by atoms with E-state index in [1.165, 1.54) is 13.1 Å². The molecule has 0 heterocycles. The van der Waals surface area contributed by atoms with E-state index in [0.717, 1.165) is 11.3 Å². The molecule has 0 unspecified atom stereocenters. The monoisotopic (exact) mass is 235 g/mol. The van der Waals surface area contributed by atoms with Gasteiger partial charge in [-0.1, -0.05) is 12.1 Å². The van der Waals surface area contributed by atoms with Crippen LogP contribution in [-0.2, 0) is 4.79 Å². The molecule has 1 amide bonds. The Morgan fingerprint density at radius 2 is 2.00 bits per heavy atom. The highest BCUT2D eigenvalue weighted by Gasteiger charge is 2.05. The molecule has 0 bridgehead atoms. The number of hydrogen-bond acceptors (Lipinski definition) is 4. The number of carbonyl (C=O) groups excluding carboxylic acids is 1. The van der Waals surface area contributed by atoms with Gasteiger partial charge in [0.1, 0.15) is 6.10 Å². The summed E-state index contributed by atoms with van der Waals surface area (Å²) in [4.78, 5) is 13.0. The fourth-order valence-corrected chi connectivity index (χ4v) is 1.12. The molecule has 0 aliphatic carbocycles. The largest absolute Gasteiger partial charge is 0.383 e. The zero-order chi connectivity index (χ0) is 12.8. The molecule has 5 heteroatoms. The summed E-state index contributed by atoms with van der Waals surface area (Å²) in [6.07, 6.45) is 0.475. The number of aliphatic hydroxyl groups is 1. The Labute approximate surface area is 101 Å². The van der Waals surface area contributed by atoms with E-state index in [4.69, 9.17) is 5.11 Å². The molecule has 1 rings (SSSR count). The number of nitrogens with zero attached hydrogens (tertiary/aromatic N) is 2. The molecule has 17 heavy (non-hydrogen) atoms. The molecule has 0 fully saturated rings. The Hall–Kier alpha value is -1.88. The van der Waals surface area contributed by atoms with Gasteiger partial charge in [0.25, 0.3) is 5.91 Å². The Balaban J connectivity index is 2.57. The van der Waals surface area contributed by atoms with Crippen LogP contribution in [0.3, 0.4) is 0 Å². The molecule has 0 aromatic heterocycles. The number of benzene rings is 1. The third-order valence-electron chi connectivity index (χ3n) is 2.18. The van der Waals surface area contributed by atoms with Gasteiger partial charge < -0.3 is 10.0 Å². The summed E-state index contributed by atoms with van der Waals surface area (Å²) in [7, 11) is 3.93. The van der Waals surface area contributed by atoms with Gasteiger partial charge in [-0.25, -0.2) is 5.43 Å². The molecule has 1 aromatic rings. The highest BCUT2D eigenvalue weighted by Crippen LogP contribution is 2.10. The lowest BCUT2D eigenvalue weighted by molar-refractivity contribution is -0.128. The number of hydrogen-bond donors (Lipinski definition) is 2. The first kappa shape index (κ1) is 13.2. The van der Waals surface area contributed by atoms with Crippen LogP contribution in [0.2, 0.25) is 0 Å². The van der Waals surface area contributed by atoms with Gasteiger partial charge in [0.2, 0.25) is 0 Å². The molecular weight excluding hydrogens is 218 g/mol. The van der Waals surface area contributed by atoms with Crippen molar-refractivity contribution in [2.75, 3.05) is 19.0 Å². The summed E-state index contributed by atoms with van der Waals surface area (Å²) in [6.45, 7) is 1.39. The Morgan fingerprint density at radius 3 is 2.47 bits per heavy atom. The average molecular weight is 235 g/mol. The smallest absolute Gasteiger partial charge is 0.268 e. The quantitative estimate of drug-likeness (QED) is 0.593. The van der Waals surface area contributed by atoms with Crippen molar-refractivity contribution in [1.82, 2.24) is 5.43 Å². The maximum atomic E-state index is 11.0. The van der Waals surface area contributed by atoms with Crippen LogP contribution in [0.1, 0.15) is 12.5 Å². The van der Waals surface area contributed by atoms with Crippen LogP contribution >= 0.6 is 0 Å². The lowest BCUT2D eigenvalue weighted by atomic mass is 10.2. The van der Waals surface area contributed by atoms with Gasteiger partial charge in [-0.15, -0.1) is 0 Å². The Kier molecular flexibility index (Phi) is 4.66. The van der Waals surface area contributed by atoms with Gasteiger partial charge in [0.15, 0.2) is 0 Å². The van der Waals surface area contributed by atoms with Crippen molar-refractivity contribution >= 4 is 17.8 Å². The van der Waals surface area contributed by atoms with Crippen LogP contribution in [0.5, 0.6) is 0 Å². The first-order valence-corrected chi connectivity index (χ1v) is 5.29. The van der Waals surface area contributed by atoms with Crippen molar-refractivity contribution < 1.29 is 9.90 Å². The lowest BCUT2D eigenvalue weighted by Gasteiger charge is -2.11. The first-order valence-electron chi connectivity index (χ1n) is 5.29. The van der Waals surface area contributed by atoms with Crippen LogP contribution in [0.25, 0.3) is 0 Å². The van der Waals surface area contributed by atoms with Gasteiger partial charge in [0.05, 0.1) is 6.21 Å². The van der Waals surface area contributed by atoms with Crippen molar-refractivity contribution in [1.29, 1.82) is 0 Å². The number of rotatable bonds is 4. The van der Waals surface area contributed by atoms with E-state index in [0.29, 0.717) is 0 Å². The third-order valence-corrected chi connectivity index (χ3v) is 2.18. The molecule has 1 aromatic carbocycles. The van der Waals surface area contributed by atoms with Crippen molar-refractivity contribution in [3.63, 3.8) is 0 Å². The maximum Gasteiger partial charge on any atom is 0.268 e. The molecule has 0 spiro atoms. The summed E-state index contributed by atoms with van der Waals surface area (Å²) in [5.74, 6) is -0.522. The molecule has 0 saturated heterocycles. The molecule has 0 radical (unpaired) electrons. The van der Waals surface area contributed by atoms with Crippen LogP contribution < -0.4 is 10.3 Å². The van der Waals surface area contributed by atoms with E-state index in [1.54, 1.807) is 0 Å². The second kappa shape index (κ2) is 6.00. The summed E-state index contributed by atoms with van der Waals surface area (Å²) < 4.78 is 0. The predicted octanol–water partition coefficient (Wildman–Crippen LogP) is 0.583. The second-order valence-electron chi connectivity index (χ2n) is 3.90. The third kappa shape index (κ3) is 4.24. The molecule has 5 nitrogen and oxygen atoms in total. The number of anilines is 1. The van der Waals surface area contributed by atoms with Crippen LogP contribution in [-0.4, -0.2) is 37.4 Å². The Bertz CT molecular complexity index is 397. The van der Waals surface area contributed by atoms with Crippen molar-refractivity contribution in [2.24, 2.45) is 5.10 Å². The Morgan fingerprint density at radius 1 is 1.41 bits per heavy atom. The van der Waals surface area contributed by atoms with Crippen molar-refractivity contribution in [3.8, 4) is 0 Å². The zero-order valence-electron chi connectivity index (χ0n) is 10.2. The maximum absolute atomic E-state index is 11.0. The normalized spacial score (nSPS) is 12.5. The number of carbonyl (C=O) groups is 1. The minimum Gasteiger partial charge on any atom is -0.383 e. The number of aliphatic hydroxyl groups excluding tert-OH is 1. The number of nitrogens with one attached hydrogen (secondary N) is 1. The van der Waals surface area contributed by atoms with Crippen LogP contribution in [0, 0.1) is 0 Å². The van der Waals surface area contributed by atoms with Crippen LogP contribution in [0.4, 0.5) is 5.69 Å². The average Bonchev–Trinajstić information content (AvgIpc) is 2.29. The highest BCUT2D eigenvalue weighted by molar-refractivity contribution is 5.84.